The maximum atomic E-state index is 5.75. The summed E-state index contributed by atoms with van der Waals surface area (Å²) < 4.78 is 7.94. The van der Waals surface area contributed by atoms with Crippen molar-refractivity contribution in [1.82, 2.24) is 0 Å². The quantitative estimate of drug-likeness (QED) is 0.411. The minimum atomic E-state index is 0. The van der Waals surface area contributed by atoms with Crippen molar-refractivity contribution in [2.75, 3.05) is 0 Å². The molecule has 0 amide bonds. The second kappa shape index (κ2) is 3.75. The number of nitrogens with zero attached hydrogens (tertiary/aromatic N) is 1. The van der Waals surface area contributed by atoms with Crippen molar-refractivity contribution in [2.45, 2.75) is 6.92 Å². The molecule has 78 valence electrons. The van der Waals surface area contributed by atoms with E-state index in [4.69, 9.17) is 4.42 Å². The van der Waals surface area contributed by atoms with Crippen molar-refractivity contribution < 1.29 is 33.0 Å². The lowest BCUT2D eigenvalue weighted by Crippen LogP contribution is -3.00. The molecule has 0 spiro atoms. The van der Waals surface area contributed by atoms with Gasteiger partial charge in [0.1, 0.15) is 12.6 Å². The SMILES string of the molecule is Cc1sc2oc3ccccc3c2[n+]1C.[I-]. The van der Waals surface area contributed by atoms with E-state index < -0.39 is 0 Å². The predicted octanol–water partition coefficient (Wildman–Crippen LogP) is -0.216. The molecule has 3 aromatic rings. The number of hydrogen-bond donors (Lipinski definition) is 0. The maximum Gasteiger partial charge on any atom is 0.270 e. The number of thiazole rings is 1. The van der Waals surface area contributed by atoms with E-state index in [0.717, 1.165) is 10.5 Å². The van der Waals surface area contributed by atoms with Gasteiger partial charge in [0.25, 0.3) is 10.4 Å². The average molecular weight is 331 g/mol. The first-order chi connectivity index (χ1) is 6.77. The van der Waals surface area contributed by atoms with Crippen LogP contribution >= 0.6 is 11.3 Å². The second-order valence-electron chi connectivity index (χ2n) is 3.41. The van der Waals surface area contributed by atoms with Crippen molar-refractivity contribution >= 4 is 32.7 Å². The van der Waals surface area contributed by atoms with Gasteiger partial charge in [-0.15, -0.1) is 0 Å². The summed E-state index contributed by atoms with van der Waals surface area (Å²) in [7, 11) is 2.08. The van der Waals surface area contributed by atoms with Crippen molar-refractivity contribution in [1.29, 1.82) is 0 Å². The molecule has 0 aliphatic carbocycles. The average Bonchev–Trinajstić information content (AvgIpc) is 2.65. The molecule has 0 unspecified atom stereocenters. The van der Waals surface area contributed by atoms with E-state index >= 15 is 0 Å². The molecule has 0 saturated heterocycles. The van der Waals surface area contributed by atoms with Gasteiger partial charge in [-0.05, 0) is 23.5 Å². The van der Waals surface area contributed by atoms with Crippen molar-refractivity contribution in [3.05, 3.63) is 29.3 Å². The molecule has 0 bridgehead atoms. The first-order valence-corrected chi connectivity index (χ1v) is 5.35. The third-order valence-electron chi connectivity index (χ3n) is 2.59. The van der Waals surface area contributed by atoms with Crippen molar-refractivity contribution in [3.8, 4) is 0 Å². The van der Waals surface area contributed by atoms with Gasteiger partial charge in [-0.2, -0.15) is 4.57 Å². The Labute approximate surface area is 109 Å². The molecule has 0 aliphatic rings. The molecule has 2 heterocycles. The van der Waals surface area contributed by atoms with E-state index in [1.54, 1.807) is 11.3 Å². The van der Waals surface area contributed by atoms with Crippen LogP contribution in [-0.4, -0.2) is 0 Å². The topological polar surface area (TPSA) is 17.0 Å². The number of furan rings is 1. The summed E-state index contributed by atoms with van der Waals surface area (Å²) in [6, 6.07) is 8.16. The fourth-order valence-electron chi connectivity index (χ4n) is 1.76. The number of para-hydroxylation sites is 1. The van der Waals surface area contributed by atoms with Gasteiger partial charge < -0.3 is 28.4 Å². The van der Waals surface area contributed by atoms with Gasteiger partial charge in [0.15, 0.2) is 0 Å². The molecule has 0 fully saturated rings. The van der Waals surface area contributed by atoms with E-state index in [0.29, 0.717) is 0 Å². The van der Waals surface area contributed by atoms with Crippen LogP contribution in [0.1, 0.15) is 5.01 Å². The molecule has 3 rings (SSSR count). The van der Waals surface area contributed by atoms with Crippen LogP contribution in [0.25, 0.3) is 21.4 Å². The number of aromatic nitrogens is 1. The Hall–Kier alpha value is -0.620. The fourth-order valence-corrected chi connectivity index (χ4v) is 2.73. The minimum absolute atomic E-state index is 0. The number of benzene rings is 1. The smallest absolute Gasteiger partial charge is 0.270 e. The molecule has 0 radical (unpaired) electrons. The minimum Gasteiger partial charge on any atom is -1.00 e. The summed E-state index contributed by atoms with van der Waals surface area (Å²) in [4.78, 5) is 1.02. The summed E-state index contributed by atoms with van der Waals surface area (Å²) in [5.74, 6) is 0. The molecule has 0 saturated carbocycles. The van der Waals surface area contributed by atoms with E-state index in [1.807, 2.05) is 18.2 Å². The van der Waals surface area contributed by atoms with Gasteiger partial charge in [-0.25, -0.2) is 0 Å². The van der Waals surface area contributed by atoms with Crippen molar-refractivity contribution in [2.24, 2.45) is 7.05 Å². The zero-order valence-electron chi connectivity index (χ0n) is 8.45. The molecule has 0 atom stereocenters. The van der Waals surface area contributed by atoms with Gasteiger partial charge in [-0.1, -0.05) is 12.1 Å². The normalized spacial score (nSPS) is 10.8. The highest BCUT2D eigenvalue weighted by Crippen LogP contribution is 2.30. The van der Waals surface area contributed by atoms with E-state index in [9.17, 15) is 0 Å². The third kappa shape index (κ3) is 1.47. The van der Waals surface area contributed by atoms with E-state index in [-0.39, 0.29) is 24.0 Å². The summed E-state index contributed by atoms with van der Waals surface area (Å²) in [6.07, 6.45) is 0. The van der Waals surface area contributed by atoms with Crippen LogP contribution in [0, 0.1) is 6.92 Å². The molecule has 1 aromatic carbocycles. The monoisotopic (exact) mass is 331 g/mol. The van der Waals surface area contributed by atoms with Crippen LogP contribution < -0.4 is 28.5 Å². The highest BCUT2D eigenvalue weighted by atomic mass is 127. The van der Waals surface area contributed by atoms with E-state index in [2.05, 4.69) is 24.6 Å². The Bertz CT molecular complexity index is 626. The summed E-state index contributed by atoms with van der Waals surface area (Å²) in [5.41, 5.74) is 2.19. The van der Waals surface area contributed by atoms with Crippen molar-refractivity contribution in [3.63, 3.8) is 0 Å². The molecule has 4 heteroatoms. The zero-order valence-corrected chi connectivity index (χ0v) is 11.4. The van der Waals surface area contributed by atoms with Crippen LogP contribution in [0.3, 0.4) is 0 Å². The molecule has 0 aliphatic heterocycles. The molecular weight excluding hydrogens is 321 g/mol. The molecule has 0 N–H and O–H groups in total. The van der Waals surface area contributed by atoms with Gasteiger partial charge in [0, 0.05) is 6.92 Å². The Morgan fingerprint density at radius 2 is 2.00 bits per heavy atom. The molecule has 2 aromatic heterocycles. The highest BCUT2D eigenvalue weighted by molar-refractivity contribution is 7.17. The van der Waals surface area contributed by atoms with Gasteiger partial charge in [0.2, 0.25) is 5.01 Å². The second-order valence-corrected chi connectivity index (χ2v) is 4.58. The molecule has 2 nitrogen and oxygen atoms in total. The first kappa shape index (κ1) is 10.9. The van der Waals surface area contributed by atoms with Gasteiger partial charge >= 0.3 is 0 Å². The lowest BCUT2D eigenvalue weighted by atomic mass is 10.2. The highest BCUT2D eigenvalue weighted by Gasteiger charge is 2.20. The number of halogens is 1. The number of rotatable bonds is 0. The van der Waals surface area contributed by atoms with Gasteiger partial charge in [-0.3, -0.25) is 0 Å². The number of aryl methyl sites for hydroxylation is 2. The predicted molar refractivity (Wildman–Crippen MR) is 57.5 cm³/mol. The first-order valence-electron chi connectivity index (χ1n) is 4.54. The summed E-state index contributed by atoms with van der Waals surface area (Å²) >= 11 is 1.70. The van der Waals surface area contributed by atoms with Crippen LogP contribution in [0.5, 0.6) is 0 Å². The Kier molecular flexibility index (Phi) is 2.72. The maximum absolute atomic E-state index is 5.75. The number of fused-ring (bicyclic) bond motifs is 3. The Morgan fingerprint density at radius 3 is 2.80 bits per heavy atom. The Balaban J connectivity index is 0.000000853. The lowest BCUT2D eigenvalue weighted by Gasteiger charge is -1.85. The summed E-state index contributed by atoms with van der Waals surface area (Å²) in [6.45, 7) is 2.11. The lowest BCUT2D eigenvalue weighted by molar-refractivity contribution is -0.645. The largest absolute Gasteiger partial charge is 1.00 e. The Morgan fingerprint density at radius 1 is 1.27 bits per heavy atom. The van der Waals surface area contributed by atoms with E-state index in [1.165, 1.54) is 15.9 Å². The van der Waals surface area contributed by atoms with Gasteiger partial charge in [0.05, 0.1) is 5.39 Å². The molecule has 15 heavy (non-hydrogen) atoms. The molecular formula is C11H10INOS. The standard InChI is InChI=1S/C11H10NOS.HI/c1-7-12(2)10-8-5-3-4-6-9(8)13-11(10)14-7;/h3-6H,1-2H3;1H/q+1;/p-1. The summed E-state index contributed by atoms with van der Waals surface area (Å²) in [5, 5.41) is 2.47. The van der Waals surface area contributed by atoms with Crippen LogP contribution in [0.2, 0.25) is 0 Å². The third-order valence-corrected chi connectivity index (χ3v) is 3.62. The number of hydrogen-bond acceptors (Lipinski definition) is 2. The fraction of sp³-hybridized carbons (Fsp3) is 0.182. The van der Waals surface area contributed by atoms with Crippen LogP contribution in [0.4, 0.5) is 0 Å². The van der Waals surface area contributed by atoms with Crippen LogP contribution in [-0.2, 0) is 7.05 Å². The zero-order chi connectivity index (χ0) is 9.71. The van der Waals surface area contributed by atoms with Crippen LogP contribution in [0.15, 0.2) is 28.7 Å².